The van der Waals surface area contributed by atoms with Crippen LogP contribution in [0.1, 0.15) is 38.3 Å². The number of carbonyl (C=O) groups is 1. The van der Waals surface area contributed by atoms with Crippen LogP contribution in [0.5, 0.6) is 11.6 Å². The Bertz CT molecular complexity index is 1210. The van der Waals surface area contributed by atoms with Crippen LogP contribution >= 0.6 is 0 Å². The molecular weight excluding hydrogens is 423 g/mol. The highest BCUT2D eigenvalue weighted by Gasteiger charge is 2.53. The molecule has 2 aromatic carbocycles. The molecule has 33 heavy (non-hydrogen) atoms. The van der Waals surface area contributed by atoms with E-state index in [1.54, 1.807) is 24.3 Å². The van der Waals surface area contributed by atoms with Crippen molar-refractivity contribution in [2.45, 2.75) is 38.7 Å². The van der Waals surface area contributed by atoms with E-state index in [-0.39, 0.29) is 35.5 Å². The number of benzene rings is 2. The molecule has 2 heterocycles. The number of carboxylic acids is 1. The third-order valence-corrected chi connectivity index (χ3v) is 6.74. The SMILES string of the molecule is CC(C)c1nc(OC2CC3(C2)CN(CC(=O)O)C3)c2cc(O)ccc2c1-c1ccc(F)cc1. The number of aromatic hydroxyl groups is 1. The first kappa shape index (κ1) is 21.6. The fourth-order valence-corrected chi connectivity index (χ4v) is 5.33. The summed E-state index contributed by atoms with van der Waals surface area (Å²) >= 11 is 0. The van der Waals surface area contributed by atoms with E-state index in [1.165, 1.54) is 12.1 Å². The number of aromatic nitrogens is 1. The standard InChI is InChI=1S/C26H27FN2O4/c1-15(2)24-23(16-3-5-17(27)6-4-16)20-8-7-18(30)9-21(20)25(28-24)33-19-10-26(11-19)13-29(14-26)12-22(31)32/h3-9,15,19,30H,10-14H2,1-2H3,(H,31,32). The molecule has 6 nitrogen and oxygen atoms in total. The molecule has 1 aliphatic heterocycles. The van der Waals surface area contributed by atoms with Gasteiger partial charge in [-0.1, -0.05) is 26.0 Å². The Morgan fingerprint density at radius 2 is 1.88 bits per heavy atom. The van der Waals surface area contributed by atoms with Crippen LogP contribution in [0, 0.1) is 11.2 Å². The fraction of sp³-hybridized carbons (Fsp3) is 0.385. The molecule has 7 heteroatoms. The van der Waals surface area contributed by atoms with Gasteiger partial charge in [-0.25, -0.2) is 9.37 Å². The molecule has 3 aromatic rings. The van der Waals surface area contributed by atoms with Crippen LogP contribution in [-0.4, -0.2) is 51.8 Å². The van der Waals surface area contributed by atoms with Crippen molar-refractivity contribution in [3.05, 3.63) is 54.0 Å². The molecule has 0 bridgehead atoms. The summed E-state index contributed by atoms with van der Waals surface area (Å²) in [5.41, 5.74) is 2.79. The molecule has 0 unspecified atom stereocenters. The zero-order valence-electron chi connectivity index (χ0n) is 18.7. The van der Waals surface area contributed by atoms with Gasteiger partial charge in [0.05, 0.1) is 12.2 Å². The number of ether oxygens (including phenoxy) is 1. The summed E-state index contributed by atoms with van der Waals surface area (Å²) in [7, 11) is 0. The highest BCUT2D eigenvalue weighted by Crippen LogP contribution is 2.50. The summed E-state index contributed by atoms with van der Waals surface area (Å²) in [6.45, 7) is 5.79. The Morgan fingerprint density at radius 3 is 2.52 bits per heavy atom. The molecule has 2 fully saturated rings. The number of fused-ring (bicyclic) bond motifs is 1. The van der Waals surface area contributed by atoms with Gasteiger partial charge in [0.25, 0.3) is 0 Å². The molecule has 1 saturated heterocycles. The average Bonchev–Trinajstić information content (AvgIpc) is 2.70. The maximum Gasteiger partial charge on any atom is 0.317 e. The van der Waals surface area contributed by atoms with Gasteiger partial charge in [0, 0.05) is 29.5 Å². The highest BCUT2D eigenvalue weighted by atomic mass is 19.1. The molecule has 2 N–H and O–H groups in total. The average molecular weight is 451 g/mol. The maximum absolute atomic E-state index is 13.6. The first-order chi connectivity index (χ1) is 15.7. The Labute approximate surface area is 191 Å². The molecule has 172 valence electrons. The van der Waals surface area contributed by atoms with Crippen molar-refractivity contribution in [2.75, 3.05) is 19.6 Å². The molecule has 1 spiro atoms. The van der Waals surface area contributed by atoms with Crippen molar-refractivity contribution in [2.24, 2.45) is 5.41 Å². The lowest BCUT2D eigenvalue weighted by atomic mass is 9.62. The van der Waals surface area contributed by atoms with Crippen LogP contribution in [0.25, 0.3) is 21.9 Å². The molecular formula is C26H27FN2O4. The lowest BCUT2D eigenvalue weighted by Crippen LogP contribution is -2.65. The summed E-state index contributed by atoms with van der Waals surface area (Å²) in [6, 6.07) is 11.6. The summed E-state index contributed by atoms with van der Waals surface area (Å²) in [4.78, 5) is 17.7. The second kappa shape index (κ2) is 7.99. The fourth-order valence-electron chi connectivity index (χ4n) is 5.33. The molecule has 1 aromatic heterocycles. The van der Waals surface area contributed by atoms with Crippen molar-refractivity contribution in [3.8, 4) is 22.8 Å². The lowest BCUT2D eigenvalue weighted by Gasteiger charge is -2.58. The third-order valence-electron chi connectivity index (χ3n) is 6.74. The molecule has 1 saturated carbocycles. The van der Waals surface area contributed by atoms with E-state index in [1.807, 2.05) is 11.0 Å². The number of phenolic OH excluding ortho intramolecular Hbond substituents is 1. The monoisotopic (exact) mass is 450 g/mol. The van der Waals surface area contributed by atoms with Gasteiger partial charge in [0.15, 0.2) is 0 Å². The molecule has 5 rings (SSSR count). The van der Waals surface area contributed by atoms with Gasteiger partial charge in [-0.05, 0) is 60.0 Å². The van der Waals surface area contributed by atoms with E-state index in [4.69, 9.17) is 14.8 Å². The van der Waals surface area contributed by atoms with Crippen LogP contribution in [0.3, 0.4) is 0 Å². The first-order valence-corrected chi connectivity index (χ1v) is 11.3. The van der Waals surface area contributed by atoms with Crippen molar-refractivity contribution in [1.82, 2.24) is 9.88 Å². The van der Waals surface area contributed by atoms with Crippen molar-refractivity contribution >= 4 is 16.7 Å². The quantitative estimate of drug-likeness (QED) is 0.562. The Kier molecular flexibility index (Phi) is 5.24. The van der Waals surface area contributed by atoms with Gasteiger partial charge >= 0.3 is 5.97 Å². The molecule has 0 atom stereocenters. The molecule has 1 aliphatic carbocycles. The van der Waals surface area contributed by atoms with E-state index in [0.29, 0.717) is 5.88 Å². The van der Waals surface area contributed by atoms with Gasteiger partial charge < -0.3 is 14.9 Å². The Morgan fingerprint density at radius 1 is 1.18 bits per heavy atom. The minimum atomic E-state index is -0.796. The second-order valence-electron chi connectivity index (χ2n) is 9.76. The number of hydrogen-bond acceptors (Lipinski definition) is 5. The van der Waals surface area contributed by atoms with E-state index in [2.05, 4.69) is 13.8 Å². The van der Waals surface area contributed by atoms with Gasteiger partial charge in [0.1, 0.15) is 17.7 Å². The number of pyridine rings is 1. The van der Waals surface area contributed by atoms with E-state index < -0.39 is 5.97 Å². The van der Waals surface area contributed by atoms with Gasteiger partial charge in [0.2, 0.25) is 5.88 Å². The molecule has 2 aliphatic rings. The maximum atomic E-state index is 13.6. The lowest BCUT2D eigenvalue weighted by molar-refractivity contribution is -0.150. The number of halogens is 1. The Hall–Kier alpha value is -3.19. The second-order valence-corrected chi connectivity index (χ2v) is 9.76. The minimum absolute atomic E-state index is 0.00621. The van der Waals surface area contributed by atoms with Crippen LogP contribution in [0.2, 0.25) is 0 Å². The van der Waals surface area contributed by atoms with Crippen molar-refractivity contribution in [3.63, 3.8) is 0 Å². The number of likely N-dealkylation sites (tertiary alicyclic amines) is 1. The van der Waals surface area contributed by atoms with Crippen LogP contribution in [0.15, 0.2) is 42.5 Å². The predicted molar refractivity (Wildman–Crippen MR) is 123 cm³/mol. The van der Waals surface area contributed by atoms with Crippen LogP contribution in [-0.2, 0) is 4.79 Å². The zero-order chi connectivity index (χ0) is 23.3. The molecule has 0 amide bonds. The van der Waals surface area contributed by atoms with E-state index in [0.717, 1.165) is 53.5 Å². The first-order valence-electron chi connectivity index (χ1n) is 11.3. The smallest absolute Gasteiger partial charge is 0.317 e. The minimum Gasteiger partial charge on any atom is -0.508 e. The van der Waals surface area contributed by atoms with Gasteiger partial charge in [-0.15, -0.1) is 0 Å². The van der Waals surface area contributed by atoms with Crippen LogP contribution < -0.4 is 4.74 Å². The Balaban J connectivity index is 1.46. The highest BCUT2D eigenvalue weighted by molar-refractivity contribution is 6.01. The van der Waals surface area contributed by atoms with E-state index >= 15 is 0 Å². The number of aliphatic carboxylic acids is 1. The third kappa shape index (κ3) is 4.02. The summed E-state index contributed by atoms with van der Waals surface area (Å²) in [5, 5.41) is 20.8. The van der Waals surface area contributed by atoms with Crippen molar-refractivity contribution in [1.29, 1.82) is 0 Å². The van der Waals surface area contributed by atoms with Crippen LogP contribution in [0.4, 0.5) is 4.39 Å². The predicted octanol–water partition coefficient (Wildman–Crippen LogP) is 4.80. The largest absolute Gasteiger partial charge is 0.508 e. The van der Waals surface area contributed by atoms with Gasteiger partial charge in [-0.2, -0.15) is 0 Å². The summed E-state index contributed by atoms with van der Waals surface area (Å²) in [5.74, 6) is -0.358. The van der Waals surface area contributed by atoms with Gasteiger partial charge in [-0.3, -0.25) is 9.69 Å². The molecule has 0 radical (unpaired) electrons. The number of nitrogens with zero attached hydrogens (tertiary/aromatic N) is 2. The van der Waals surface area contributed by atoms with Crippen molar-refractivity contribution < 1.29 is 24.1 Å². The zero-order valence-corrected chi connectivity index (χ0v) is 18.7. The van der Waals surface area contributed by atoms with E-state index in [9.17, 15) is 14.3 Å². The number of rotatable bonds is 6. The normalized spacial score (nSPS) is 17.8. The summed E-state index contributed by atoms with van der Waals surface area (Å²) in [6.07, 6.45) is 1.73. The topological polar surface area (TPSA) is 82.9 Å². The number of hydrogen-bond donors (Lipinski definition) is 2. The summed E-state index contributed by atoms with van der Waals surface area (Å²) < 4.78 is 19.9. The number of carboxylic acid groups (broad SMARTS) is 1. The number of phenols is 1.